The van der Waals surface area contributed by atoms with Gasteiger partial charge in [0.1, 0.15) is 0 Å². The number of carbonyl (C=O) groups is 2. The van der Waals surface area contributed by atoms with Crippen molar-refractivity contribution in [1.82, 2.24) is 5.32 Å². The van der Waals surface area contributed by atoms with Crippen molar-refractivity contribution in [2.45, 2.75) is 58.0 Å². The van der Waals surface area contributed by atoms with Crippen molar-refractivity contribution in [3.05, 3.63) is 0 Å². The molecule has 5 nitrogen and oxygen atoms in total. The Morgan fingerprint density at radius 2 is 1.68 bits per heavy atom. The number of aliphatic carboxylic acids is 1. The fourth-order valence-electron chi connectivity index (χ4n) is 2.72. The normalized spacial score (nSPS) is 22.7. The van der Waals surface area contributed by atoms with Crippen molar-refractivity contribution in [3.63, 3.8) is 0 Å². The highest BCUT2D eigenvalue weighted by molar-refractivity contribution is 5.86. The zero-order chi connectivity index (χ0) is 14.5. The van der Waals surface area contributed by atoms with Crippen LogP contribution in [-0.4, -0.2) is 34.2 Å². The summed E-state index contributed by atoms with van der Waals surface area (Å²) in [6.07, 6.45) is 4.20. The van der Waals surface area contributed by atoms with E-state index in [0.717, 1.165) is 12.8 Å². The van der Waals surface area contributed by atoms with Gasteiger partial charge in [-0.2, -0.15) is 0 Å². The number of hydrogen-bond acceptors (Lipinski definition) is 3. The summed E-state index contributed by atoms with van der Waals surface area (Å²) in [7, 11) is 0. The van der Waals surface area contributed by atoms with Crippen LogP contribution in [0.1, 0.15) is 52.4 Å². The molecule has 2 unspecified atom stereocenters. The molecule has 1 amide bonds. The van der Waals surface area contributed by atoms with Crippen molar-refractivity contribution >= 4 is 11.9 Å². The minimum absolute atomic E-state index is 0.219. The van der Waals surface area contributed by atoms with Crippen molar-refractivity contribution in [2.24, 2.45) is 11.8 Å². The van der Waals surface area contributed by atoms with Crippen LogP contribution in [0.4, 0.5) is 0 Å². The first-order valence-corrected chi connectivity index (χ1v) is 7.16. The first-order chi connectivity index (χ1) is 8.93. The Kier molecular flexibility index (Phi) is 5.79. The molecule has 0 aliphatic heterocycles. The molecule has 1 aliphatic carbocycles. The third-order valence-corrected chi connectivity index (χ3v) is 3.95. The molecule has 0 aromatic carbocycles. The molecule has 0 radical (unpaired) electrons. The minimum Gasteiger partial charge on any atom is -0.481 e. The standard InChI is InChI=1S/C14H25NO4/c1-3-7-14(19,8-4-2)9-15-12(16)10-5-6-11(10)13(17)18/h10-11,19H,3-9H2,1-2H3,(H,15,16)(H,17,18). The van der Waals surface area contributed by atoms with E-state index in [1.54, 1.807) is 0 Å². The van der Waals surface area contributed by atoms with Gasteiger partial charge in [0.25, 0.3) is 0 Å². The van der Waals surface area contributed by atoms with Crippen LogP contribution in [0.5, 0.6) is 0 Å². The average Bonchev–Trinajstić information content (AvgIpc) is 2.25. The summed E-state index contributed by atoms with van der Waals surface area (Å²) < 4.78 is 0. The Hall–Kier alpha value is -1.10. The molecule has 1 fully saturated rings. The molecule has 3 N–H and O–H groups in total. The number of aliphatic hydroxyl groups is 1. The first-order valence-electron chi connectivity index (χ1n) is 7.16. The highest BCUT2D eigenvalue weighted by Crippen LogP contribution is 2.34. The Balaban J connectivity index is 2.46. The van der Waals surface area contributed by atoms with Crippen LogP contribution in [0.3, 0.4) is 0 Å². The van der Waals surface area contributed by atoms with Gasteiger partial charge in [-0.05, 0) is 25.7 Å². The van der Waals surface area contributed by atoms with E-state index in [1.807, 2.05) is 13.8 Å². The summed E-state index contributed by atoms with van der Waals surface area (Å²) >= 11 is 0. The van der Waals surface area contributed by atoms with Crippen LogP contribution in [0, 0.1) is 11.8 Å². The molecule has 2 atom stereocenters. The molecule has 0 heterocycles. The quantitative estimate of drug-likeness (QED) is 0.625. The lowest BCUT2D eigenvalue weighted by Crippen LogP contribution is -2.49. The summed E-state index contributed by atoms with van der Waals surface area (Å²) in [4.78, 5) is 22.8. The second-order valence-electron chi connectivity index (χ2n) is 5.57. The fraction of sp³-hybridized carbons (Fsp3) is 0.857. The number of carboxylic acids is 1. The van der Waals surface area contributed by atoms with E-state index < -0.39 is 23.4 Å². The van der Waals surface area contributed by atoms with Crippen LogP contribution < -0.4 is 5.32 Å². The largest absolute Gasteiger partial charge is 0.481 e. The maximum absolute atomic E-state index is 11.9. The molecule has 5 heteroatoms. The summed E-state index contributed by atoms with van der Waals surface area (Å²) in [6, 6.07) is 0. The van der Waals surface area contributed by atoms with E-state index >= 15 is 0 Å². The number of rotatable bonds is 8. The molecule has 19 heavy (non-hydrogen) atoms. The van der Waals surface area contributed by atoms with Gasteiger partial charge in [0, 0.05) is 6.54 Å². The van der Waals surface area contributed by atoms with E-state index in [0.29, 0.717) is 25.7 Å². The second-order valence-corrected chi connectivity index (χ2v) is 5.57. The fourth-order valence-corrected chi connectivity index (χ4v) is 2.72. The monoisotopic (exact) mass is 271 g/mol. The highest BCUT2D eigenvalue weighted by Gasteiger charge is 2.41. The lowest BCUT2D eigenvalue weighted by atomic mass is 9.73. The van der Waals surface area contributed by atoms with Gasteiger partial charge in [0.2, 0.25) is 5.91 Å². The average molecular weight is 271 g/mol. The van der Waals surface area contributed by atoms with Crippen molar-refractivity contribution in [3.8, 4) is 0 Å². The number of amides is 1. The van der Waals surface area contributed by atoms with E-state index in [2.05, 4.69) is 5.32 Å². The smallest absolute Gasteiger partial charge is 0.307 e. The molecular formula is C14H25NO4. The van der Waals surface area contributed by atoms with E-state index in [1.165, 1.54) is 0 Å². The zero-order valence-corrected chi connectivity index (χ0v) is 11.8. The highest BCUT2D eigenvalue weighted by atomic mass is 16.4. The number of carboxylic acid groups (broad SMARTS) is 1. The zero-order valence-electron chi connectivity index (χ0n) is 11.8. The van der Waals surface area contributed by atoms with Crippen molar-refractivity contribution in [2.75, 3.05) is 6.54 Å². The lowest BCUT2D eigenvalue weighted by Gasteiger charge is -2.34. The van der Waals surface area contributed by atoms with Crippen molar-refractivity contribution in [1.29, 1.82) is 0 Å². The molecule has 1 aliphatic rings. The Morgan fingerprint density at radius 3 is 2.05 bits per heavy atom. The minimum atomic E-state index is -0.899. The van der Waals surface area contributed by atoms with E-state index in [9.17, 15) is 14.7 Å². The molecule has 0 aromatic rings. The van der Waals surface area contributed by atoms with Gasteiger partial charge in [-0.3, -0.25) is 9.59 Å². The van der Waals surface area contributed by atoms with Gasteiger partial charge < -0.3 is 15.5 Å². The van der Waals surface area contributed by atoms with Gasteiger partial charge in [-0.25, -0.2) is 0 Å². The molecule has 0 saturated heterocycles. The SMILES string of the molecule is CCCC(O)(CCC)CNC(=O)C1CCC1C(=O)O. The predicted molar refractivity (Wildman–Crippen MR) is 71.6 cm³/mol. The molecule has 1 rings (SSSR count). The van der Waals surface area contributed by atoms with Gasteiger partial charge >= 0.3 is 5.97 Å². The second kappa shape index (κ2) is 6.89. The van der Waals surface area contributed by atoms with Crippen LogP contribution >= 0.6 is 0 Å². The Bertz CT molecular complexity index is 323. The maximum Gasteiger partial charge on any atom is 0.307 e. The molecule has 0 spiro atoms. The van der Waals surface area contributed by atoms with Crippen LogP contribution in [-0.2, 0) is 9.59 Å². The number of carbonyl (C=O) groups excluding carboxylic acids is 1. The molecular weight excluding hydrogens is 246 g/mol. The number of nitrogens with one attached hydrogen (secondary N) is 1. The molecule has 0 bridgehead atoms. The Morgan fingerprint density at radius 1 is 1.16 bits per heavy atom. The van der Waals surface area contributed by atoms with E-state index in [-0.39, 0.29) is 12.5 Å². The van der Waals surface area contributed by atoms with Crippen LogP contribution in [0.2, 0.25) is 0 Å². The van der Waals surface area contributed by atoms with Crippen LogP contribution in [0.15, 0.2) is 0 Å². The Labute approximate surface area is 114 Å². The predicted octanol–water partition coefficient (Wildman–Crippen LogP) is 1.54. The molecule has 0 aromatic heterocycles. The van der Waals surface area contributed by atoms with E-state index in [4.69, 9.17) is 5.11 Å². The first kappa shape index (κ1) is 16.0. The maximum atomic E-state index is 11.9. The molecule has 1 saturated carbocycles. The van der Waals surface area contributed by atoms with Crippen LogP contribution in [0.25, 0.3) is 0 Å². The van der Waals surface area contributed by atoms with Gasteiger partial charge in [0.05, 0.1) is 17.4 Å². The lowest BCUT2D eigenvalue weighted by molar-refractivity contribution is -0.153. The summed E-state index contributed by atoms with van der Waals surface area (Å²) in [5.74, 6) is -2.11. The third kappa shape index (κ3) is 4.20. The van der Waals surface area contributed by atoms with Gasteiger partial charge in [0.15, 0.2) is 0 Å². The summed E-state index contributed by atoms with van der Waals surface area (Å²) in [5.41, 5.74) is -0.859. The van der Waals surface area contributed by atoms with Gasteiger partial charge in [-0.15, -0.1) is 0 Å². The molecule has 110 valence electrons. The number of hydrogen-bond donors (Lipinski definition) is 3. The third-order valence-electron chi connectivity index (χ3n) is 3.95. The summed E-state index contributed by atoms with van der Waals surface area (Å²) in [6.45, 7) is 4.21. The summed E-state index contributed by atoms with van der Waals surface area (Å²) in [5, 5.41) is 22.0. The topological polar surface area (TPSA) is 86.6 Å². The van der Waals surface area contributed by atoms with Crippen molar-refractivity contribution < 1.29 is 19.8 Å². The van der Waals surface area contributed by atoms with Gasteiger partial charge in [-0.1, -0.05) is 26.7 Å².